The molecule has 0 fully saturated rings. The summed E-state index contributed by atoms with van der Waals surface area (Å²) < 4.78 is 28.6. The Bertz CT molecular complexity index is 932. The highest BCUT2D eigenvalue weighted by atomic mass is 19.1. The molecule has 0 atom stereocenters. The van der Waals surface area contributed by atoms with Crippen molar-refractivity contribution < 1.29 is 23.1 Å². The van der Waals surface area contributed by atoms with Gasteiger partial charge in [-0.1, -0.05) is 30.3 Å². The summed E-state index contributed by atoms with van der Waals surface area (Å²) >= 11 is 0. The second-order valence-electron chi connectivity index (χ2n) is 5.43. The maximum absolute atomic E-state index is 12.8. The van der Waals surface area contributed by atoms with Crippen LogP contribution in [0, 0.1) is 5.82 Å². The molecule has 0 unspecified atom stereocenters. The topological polar surface area (TPSA) is 65.7 Å². The van der Waals surface area contributed by atoms with Crippen LogP contribution >= 0.6 is 0 Å². The van der Waals surface area contributed by atoms with Gasteiger partial charge in [0, 0.05) is 6.07 Å². The minimum absolute atomic E-state index is 0.0717. The number of hydrogen-bond donors (Lipinski definition) is 0. The van der Waals surface area contributed by atoms with Crippen LogP contribution < -0.4 is 10.2 Å². The molecule has 0 radical (unpaired) electrons. The average molecular weight is 354 g/mol. The predicted molar refractivity (Wildman–Crippen MR) is 91.3 cm³/mol. The number of rotatable bonds is 6. The summed E-state index contributed by atoms with van der Waals surface area (Å²) in [5.74, 6) is -0.837. The largest absolute Gasteiger partial charge is 0.482 e. The van der Waals surface area contributed by atoms with Crippen molar-refractivity contribution in [2.45, 2.75) is 13.2 Å². The maximum atomic E-state index is 12.8. The summed E-state index contributed by atoms with van der Waals surface area (Å²) in [4.78, 5) is 23.9. The van der Waals surface area contributed by atoms with Crippen molar-refractivity contribution in [3.05, 3.63) is 99.9 Å². The SMILES string of the molecule is O=C(OCc1cc(=O)c(OCc2ccccc2)co1)c1ccc(F)cc1. The highest BCUT2D eigenvalue weighted by molar-refractivity contribution is 5.89. The minimum Gasteiger partial charge on any atom is -0.482 e. The zero-order chi connectivity index (χ0) is 18.4. The van der Waals surface area contributed by atoms with Crippen molar-refractivity contribution >= 4 is 5.97 Å². The highest BCUT2D eigenvalue weighted by Gasteiger charge is 2.10. The second kappa shape index (κ2) is 8.11. The summed E-state index contributed by atoms with van der Waals surface area (Å²) in [5, 5.41) is 0. The van der Waals surface area contributed by atoms with Crippen molar-refractivity contribution in [1.82, 2.24) is 0 Å². The Balaban J connectivity index is 1.58. The van der Waals surface area contributed by atoms with Crippen LogP contribution in [0.2, 0.25) is 0 Å². The summed E-state index contributed by atoms with van der Waals surface area (Å²) in [6.07, 6.45) is 1.19. The maximum Gasteiger partial charge on any atom is 0.338 e. The molecule has 0 N–H and O–H groups in total. The van der Waals surface area contributed by atoms with Gasteiger partial charge in [0.05, 0.1) is 5.56 Å². The lowest BCUT2D eigenvalue weighted by Crippen LogP contribution is -2.10. The van der Waals surface area contributed by atoms with Gasteiger partial charge in [-0.15, -0.1) is 0 Å². The third-order valence-electron chi connectivity index (χ3n) is 3.51. The number of esters is 1. The molecular weight excluding hydrogens is 339 g/mol. The van der Waals surface area contributed by atoms with Gasteiger partial charge < -0.3 is 13.9 Å². The Morgan fingerprint density at radius 1 is 1.00 bits per heavy atom. The van der Waals surface area contributed by atoms with E-state index in [4.69, 9.17) is 13.9 Å². The zero-order valence-electron chi connectivity index (χ0n) is 13.7. The molecule has 0 aliphatic heterocycles. The van der Waals surface area contributed by atoms with Crippen molar-refractivity contribution in [3.8, 4) is 5.75 Å². The number of benzene rings is 2. The quantitative estimate of drug-likeness (QED) is 0.631. The third-order valence-corrected chi connectivity index (χ3v) is 3.51. The predicted octanol–water partition coefficient (Wildman–Crippen LogP) is 3.71. The Kier molecular flexibility index (Phi) is 5.43. The number of carbonyl (C=O) groups is 1. The molecule has 26 heavy (non-hydrogen) atoms. The van der Waals surface area contributed by atoms with Crippen LogP contribution in [0.25, 0.3) is 0 Å². The van der Waals surface area contributed by atoms with Crippen molar-refractivity contribution in [1.29, 1.82) is 0 Å². The van der Waals surface area contributed by atoms with Crippen LogP contribution in [-0.2, 0) is 18.0 Å². The van der Waals surface area contributed by atoms with E-state index in [2.05, 4.69) is 0 Å². The summed E-state index contributed by atoms with van der Waals surface area (Å²) in [5.41, 5.74) is 0.751. The Hall–Kier alpha value is -3.41. The van der Waals surface area contributed by atoms with Gasteiger partial charge in [-0.05, 0) is 29.8 Å². The average Bonchev–Trinajstić information content (AvgIpc) is 2.67. The zero-order valence-corrected chi connectivity index (χ0v) is 13.7. The number of carbonyl (C=O) groups excluding carboxylic acids is 1. The van der Waals surface area contributed by atoms with E-state index in [0.29, 0.717) is 0 Å². The van der Waals surface area contributed by atoms with Crippen LogP contribution in [0.1, 0.15) is 21.7 Å². The van der Waals surface area contributed by atoms with E-state index >= 15 is 0 Å². The monoisotopic (exact) mass is 354 g/mol. The van der Waals surface area contributed by atoms with E-state index in [1.165, 1.54) is 24.5 Å². The van der Waals surface area contributed by atoms with E-state index in [1.54, 1.807) is 0 Å². The van der Waals surface area contributed by atoms with Gasteiger partial charge in [0.15, 0.2) is 0 Å². The fraction of sp³-hybridized carbons (Fsp3) is 0.100. The number of hydrogen-bond acceptors (Lipinski definition) is 5. The molecule has 3 aromatic rings. The molecule has 0 saturated carbocycles. The Morgan fingerprint density at radius 3 is 2.42 bits per heavy atom. The molecule has 132 valence electrons. The molecule has 0 amide bonds. The molecule has 6 heteroatoms. The molecule has 1 heterocycles. The normalized spacial score (nSPS) is 10.3. The van der Waals surface area contributed by atoms with Gasteiger partial charge in [0.1, 0.15) is 31.1 Å². The number of halogens is 1. The molecule has 0 bridgehead atoms. The standard InChI is InChI=1S/C20H15FO5/c21-16-8-6-15(7-9-16)20(23)26-12-17-10-18(22)19(13-24-17)25-11-14-4-2-1-3-5-14/h1-10,13H,11-12H2. The van der Waals surface area contributed by atoms with E-state index in [-0.39, 0.29) is 35.7 Å². The van der Waals surface area contributed by atoms with E-state index in [0.717, 1.165) is 17.7 Å². The van der Waals surface area contributed by atoms with E-state index < -0.39 is 11.8 Å². The highest BCUT2D eigenvalue weighted by Crippen LogP contribution is 2.11. The van der Waals surface area contributed by atoms with Gasteiger partial charge in [0.2, 0.25) is 11.2 Å². The Labute approximate surface area is 148 Å². The van der Waals surface area contributed by atoms with E-state index in [9.17, 15) is 14.0 Å². The first kappa shape index (κ1) is 17.4. The molecule has 2 aromatic carbocycles. The molecule has 0 aliphatic carbocycles. The lowest BCUT2D eigenvalue weighted by molar-refractivity contribution is 0.0442. The first-order chi connectivity index (χ1) is 12.6. The van der Waals surface area contributed by atoms with Crippen LogP contribution in [0.4, 0.5) is 4.39 Å². The van der Waals surface area contributed by atoms with Gasteiger partial charge in [0.25, 0.3) is 0 Å². The first-order valence-electron chi connectivity index (χ1n) is 7.83. The molecule has 0 saturated heterocycles. The Morgan fingerprint density at radius 2 is 1.73 bits per heavy atom. The van der Waals surface area contributed by atoms with Gasteiger partial charge in [-0.25, -0.2) is 9.18 Å². The third kappa shape index (κ3) is 4.57. The molecular formula is C20H15FO5. The van der Waals surface area contributed by atoms with Crippen LogP contribution in [0.15, 0.2) is 76.1 Å². The van der Waals surface area contributed by atoms with Crippen molar-refractivity contribution in [2.24, 2.45) is 0 Å². The van der Waals surface area contributed by atoms with Gasteiger partial charge in [-0.2, -0.15) is 0 Å². The lowest BCUT2D eigenvalue weighted by atomic mass is 10.2. The van der Waals surface area contributed by atoms with Gasteiger partial charge >= 0.3 is 5.97 Å². The smallest absolute Gasteiger partial charge is 0.338 e. The van der Waals surface area contributed by atoms with Crippen molar-refractivity contribution in [3.63, 3.8) is 0 Å². The number of ether oxygens (including phenoxy) is 2. The minimum atomic E-state index is -0.642. The lowest BCUT2D eigenvalue weighted by Gasteiger charge is -2.07. The van der Waals surface area contributed by atoms with Crippen LogP contribution in [0.5, 0.6) is 5.75 Å². The van der Waals surface area contributed by atoms with E-state index in [1.807, 2.05) is 30.3 Å². The molecule has 1 aromatic heterocycles. The molecule has 5 nitrogen and oxygen atoms in total. The summed E-state index contributed by atoms with van der Waals surface area (Å²) in [7, 11) is 0. The summed E-state index contributed by atoms with van der Waals surface area (Å²) in [6.45, 7) is 0.0227. The second-order valence-corrected chi connectivity index (χ2v) is 5.43. The molecule has 3 rings (SSSR count). The first-order valence-corrected chi connectivity index (χ1v) is 7.83. The van der Waals surface area contributed by atoms with Crippen LogP contribution in [-0.4, -0.2) is 5.97 Å². The fourth-order valence-electron chi connectivity index (χ4n) is 2.16. The van der Waals surface area contributed by atoms with Crippen molar-refractivity contribution in [2.75, 3.05) is 0 Å². The molecule has 0 aliphatic rings. The fourth-order valence-corrected chi connectivity index (χ4v) is 2.16. The van der Waals surface area contributed by atoms with Crippen LogP contribution in [0.3, 0.4) is 0 Å². The molecule has 0 spiro atoms. The van der Waals surface area contributed by atoms with Gasteiger partial charge in [-0.3, -0.25) is 4.79 Å². The summed E-state index contributed by atoms with van der Waals surface area (Å²) in [6, 6.07) is 15.6.